The van der Waals surface area contributed by atoms with Crippen LogP contribution in [-0.2, 0) is 19.6 Å². The van der Waals surface area contributed by atoms with Gasteiger partial charge >= 0.3 is 5.97 Å². The van der Waals surface area contributed by atoms with Gasteiger partial charge in [0.25, 0.3) is 10.0 Å². The molecular weight excluding hydrogens is 468 g/mol. The van der Waals surface area contributed by atoms with E-state index in [4.69, 9.17) is 9.47 Å². The average Bonchev–Trinajstić information content (AvgIpc) is 2.84. The van der Waals surface area contributed by atoms with Crippen LogP contribution in [0.4, 0.5) is 11.4 Å². The molecule has 0 saturated carbocycles. The van der Waals surface area contributed by atoms with Crippen LogP contribution < -0.4 is 14.4 Å². The predicted octanol–water partition coefficient (Wildman–Crippen LogP) is 4.32. The van der Waals surface area contributed by atoms with Crippen molar-refractivity contribution < 1.29 is 27.5 Å². The average molecular weight is 497 g/mol. The number of carbonyl (C=O) groups excluding carboxylic acids is 2. The SMILES string of the molecule is CCOC(=O)c1ccc(NC(=O)CN(c2ccccc2)S(=O)(=O)c2ccc(OC)c(C)c2)c(C)c1. The number of nitrogens with one attached hydrogen (secondary N) is 1. The van der Waals surface area contributed by atoms with Gasteiger partial charge in [-0.2, -0.15) is 0 Å². The molecular formula is C26H28N2O6S. The van der Waals surface area contributed by atoms with E-state index in [1.54, 1.807) is 75.4 Å². The molecule has 0 unspecified atom stereocenters. The molecule has 0 fully saturated rings. The highest BCUT2D eigenvalue weighted by Crippen LogP contribution is 2.27. The molecule has 3 rings (SSSR count). The molecule has 1 amide bonds. The maximum absolute atomic E-state index is 13.6. The second-order valence-electron chi connectivity index (χ2n) is 7.78. The smallest absolute Gasteiger partial charge is 0.338 e. The number of para-hydroxylation sites is 1. The zero-order chi connectivity index (χ0) is 25.6. The molecule has 35 heavy (non-hydrogen) atoms. The van der Waals surface area contributed by atoms with Crippen LogP contribution in [0.25, 0.3) is 0 Å². The van der Waals surface area contributed by atoms with Gasteiger partial charge in [-0.15, -0.1) is 0 Å². The summed E-state index contributed by atoms with van der Waals surface area (Å²) in [5, 5.41) is 2.74. The second-order valence-corrected chi connectivity index (χ2v) is 9.64. The van der Waals surface area contributed by atoms with E-state index in [-0.39, 0.29) is 11.5 Å². The summed E-state index contributed by atoms with van der Waals surface area (Å²) >= 11 is 0. The first-order chi connectivity index (χ1) is 16.7. The Morgan fingerprint density at radius 2 is 1.66 bits per heavy atom. The number of rotatable bonds is 9. The third-order valence-corrected chi connectivity index (χ3v) is 7.07. The monoisotopic (exact) mass is 496 g/mol. The van der Waals surface area contributed by atoms with Crippen LogP contribution in [0, 0.1) is 13.8 Å². The third-order valence-electron chi connectivity index (χ3n) is 5.30. The molecule has 0 aromatic heterocycles. The van der Waals surface area contributed by atoms with Gasteiger partial charge in [-0.1, -0.05) is 18.2 Å². The number of hydrogen-bond donors (Lipinski definition) is 1. The first-order valence-electron chi connectivity index (χ1n) is 11.0. The highest BCUT2D eigenvalue weighted by atomic mass is 32.2. The van der Waals surface area contributed by atoms with Crippen molar-refractivity contribution in [1.29, 1.82) is 0 Å². The van der Waals surface area contributed by atoms with E-state index < -0.39 is 28.4 Å². The molecule has 0 saturated heterocycles. The highest BCUT2D eigenvalue weighted by Gasteiger charge is 2.28. The van der Waals surface area contributed by atoms with E-state index in [9.17, 15) is 18.0 Å². The normalized spacial score (nSPS) is 11.0. The van der Waals surface area contributed by atoms with Gasteiger partial charge in [0.15, 0.2) is 0 Å². The molecule has 184 valence electrons. The molecule has 8 nitrogen and oxygen atoms in total. The van der Waals surface area contributed by atoms with Crippen molar-refractivity contribution in [2.24, 2.45) is 0 Å². The number of sulfonamides is 1. The Morgan fingerprint density at radius 3 is 2.26 bits per heavy atom. The van der Waals surface area contributed by atoms with Crippen molar-refractivity contribution in [3.63, 3.8) is 0 Å². The highest BCUT2D eigenvalue weighted by molar-refractivity contribution is 7.92. The number of benzene rings is 3. The Bertz CT molecular complexity index is 1320. The minimum atomic E-state index is -4.07. The molecule has 0 atom stereocenters. The van der Waals surface area contributed by atoms with Crippen molar-refractivity contribution in [1.82, 2.24) is 0 Å². The molecule has 0 radical (unpaired) electrons. The lowest BCUT2D eigenvalue weighted by Gasteiger charge is -2.24. The van der Waals surface area contributed by atoms with Gasteiger partial charge in [-0.3, -0.25) is 9.10 Å². The van der Waals surface area contributed by atoms with Crippen LogP contribution in [0.3, 0.4) is 0 Å². The largest absolute Gasteiger partial charge is 0.496 e. The molecule has 0 heterocycles. The van der Waals surface area contributed by atoms with E-state index in [2.05, 4.69) is 5.32 Å². The number of aryl methyl sites for hydroxylation is 2. The van der Waals surface area contributed by atoms with Crippen molar-refractivity contribution in [2.45, 2.75) is 25.7 Å². The summed E-state index contributed by atoms with van der Waals surface area (Å²) in [7, 11) is -2.56. The fourth-order valence-electron chi connectivity index (χ4n) is 3.51. The van der Waals surface area contributed by atoms with Crippen LogP contribution in [-0.4, -0.2) is 40.6 Å². The quantitative estimate of drug-likeness (QED) is 0.443. The van der Waals surface area contributed by atoms with E-state index in [1.165, 1.54) is 19.2 Å². The number of amides is 1. The van der Waals surface area contributed by atoms with Crippen molar-refractivity contribution in [3.05, 3.63) is 83.4 Å². The van der Waals surface area contributed by atoms with Crippen molar-refractivity contribution >= 4 is 33.3 Å². The van der Waals surface area contributed by atoms with Crippen molar-refractivity contribution in [2.75, 3.05) is 29.9 Å². The van der Waals surface area contributed by atoms with Crippen LogP contribution in [0.2, 0.25) is 0 Å². The lowest BCUT2D eigenvalue weighted by atomic mass is 10.1. The molecule has 9 heteroatoms. The van der Waals surface area contributed by atoms with E-state index in [0.29, 0.717) is 33.8 Å². The van der Waals surface area contributed by atoms with E-state index in [1.807, 2.05) is 0 Å². The van der Waals surface area contributed by atoms with Crippen molar-refractivity contribution in [3.8, 4) is 5.75 Å². The molecule has 0 aliphatic rings. The van der Waals surface area contributed by atoms with Gasteiger partial charge in [-0.25, -0.2) is 13.2 Å². The first kappa shape index (κ1) is 25.8. The summed E-state index contributed by atoms with van der Waals surface area (Å²) in [5.41, 5.74) is 2.48. The third kappa shape index (κ3) is 5.99. The van der Waals surface area contributed by atoms with Crippen LogP contribution >= 0.6 is 0 Å². The molecule has 0 aliphatic carbocycles. The summed E-state index contributed by atoms with van der Waals surface area (Å²) in [6, 6.07) is 17.7. The lowest BCUT2D eigenvalue weighted by Crippen LogP contribution is -2.38. The van der Waals surface area contributed by atoms with E-state index >= 15 is 0 Å². The Balaban J connectivity index is 1.89. The summed E-state index contributed by atoms with van der Waals surface area (Å²) in [6.45, 7) is 5.02. The molecule has 0 bridgehead atoms. The lowest BCUT2D eigenvalue weighted by molar-refractivity contribution is -0.114. The maximum Gasteiger partial charge on any atom is 0.338 e. The van der Waals surface area contributed by atoms with Gasteiger partial charge in [0.05, 0.1) is 29.9 Å². The topological polar surface area (TPSA) is 102 Å². The number of ether oxygens (including phenoxy) is 2. The second kappa shape index (κ2) is 11.1. The van der Waals surface area contributed by atoms with Gasteiger partial charge in [-0.05, 0) is 80.4 Å². The standard InChI is InChI=1S/C26H28N2O6S/c1-5-34-26(30)20-11-13-23(18(2)15-20)27-25(29)17-28(21-9-7-6-8-10-21)35(31,32)22-12-14-24(33-4)19(3)16-22/h6-16H,5,17H2,1-4H3,(H,27,29). The fourth-order valence-corrected chi connectivity index (χ4v) is 5.02. The molecule has 3 aromatic carbocycles. The van der Waals surface area contributed by atoms with E-state index in [0.717, 1.165) is 4.31 Å². The molecule has 3 aromatic rings. The summed E-state index contributed by atoms with van der Waals surface area (Å²) in [5.74, 6) is -0.422. The number of carbonyl (C=O) groups is 2. The molecule has 0 spiro atoms. The van der Waals surface area contributed by atoms with Crippen LogP contribution in [0.1, 0.15) is 28.4 Å². The Labute approximate surface area is 205 Å². The number of methoxy groups -OCH3 is 1. The number of anilines is 2. The zero-order valence-corrected chi connectivity index (χ0v) is 20.9. The Hall–Kier alpha value is -3.85. The predicted molar refractivity (Wildman–Crippen MR) is 134 cm³/mol. The van der Waals surface area contributed by atoms with Gasteiger partial charge in [0, 0.05) is 5.69 Å². The molecule has 1 N–H and O–H groups in total. The molecule has 0 aliphatic heterocycles. The Kier molecular flexibility index (Phi) is 8.14. The Morgan fingerprint density at radius 1 is 0.943 bits per heavy atom. The van der Waals surface area contributed by atoms with Gasteiger partial charge in [0.2, 0.25) is 5.91 Å². The minimum absolute atomic E-state index is 0.0439. The maximum atomic E-state index is 13.6. The summed E-state index contributed by atoms with van der Waals surface area (Å²) in [6.07, 6.45) is 0. The van der Waals surface area contributed by atoms with Gasteiger partial charge < -0.3 is 14.8 Å². The van der Waals surface area contributed by atoms with Crippen LogP contribution in [0.5, 0.6) is 5.75 Å². The fraction of sp³-hybridized carbons (Fsp3) is 0.231. The summed E-state index contributed by atoms with van der Waals surface area (Å²) < 4.78 is 38.4. The van der Waals surface area contributed by atoms with Gasteiger partial charge in [0.1, 0.15) is 12.3 Å². The zero-order valence-electron chi connectivity index (χ0n) is 20.1. The first-order valence-corrected chi connectivity index (χ1v) is 12.4. The summed E-state index contributed by atoms with van der Waals surface area (Å²) in [4.78, 5) is 25.0. The van der Waals surface area contributed by atoms with Crippen LogP contribution in [0.15, 0.2) is 71.6 Å². The number of esters is 1. The number of hydrogen-bond acceptors (Lipinski definition) is 6. The minimum Gasteiger partial charge on any atom is -0.496 e. The number of nitrogens with zero attached hydrogens (tertiary/aromatic N) is 1.